The van der Waals surface area contributed by atoms with Crippen molar-refractivity contribution in [2.24, 2.45) is 11.8 Å². The predicted octanol–water partition coefficient (Wildman–Crippen LogP) is 2.87. The second-order valence-corrected chi connectivity index (χ2v) is 6.87. The highest BCUT2D eigenvalue weighted by atomic mass is 35.5. The molecular formula is C19H19ClN2O2. The number of fused-ring (bicyclic) bond motifs is 1. The molecule has 1 aliphatic heterocycles. The zero-order chi connectivity index (χ0) is 16.5. The Hall–Kier alpha value is -2.04. The summed E-state index contributed by atoms with van der Waals surface area (Å²) in [5.41, 5.74) is 1.63. The van der Waals surface area contributed by atoms with Gasteiger partial charge in [0.1, 0.15) is 12.4 Å². The van der Waals surface area contributed by atoms with E-state index in [0.717, 1.165) is 18.7 Å². The molecular weight excluding hydrogens is 324 g/mol. The Morgan fingerprint density at radius 2 is 1.96 bits per heavy atom. The molecule has 4 nitrogen and oxygen atoms in total. The maximum atomic E-state index is 12.4. The molecule has 1 amide bonds. The first-order valence-corrected chi connectivity index (χ1v) is 8.57. The molecule has 2 aliphatic rings. The third-order valence-corrected chi connectivity index (χ3v) is 5.02. The van der Waals surface area contributed by atoms with E-state index in [1.807, 2.05) is 42.5 Å². The van der Waals surface area contributed by atoms with E-state index < -0.39 is 0 Å². The maximum absolute atomic E-state index is 12.4. The van der Waals surface area contributed by atoms with Gasteiger partial charge in [-0.05, 0) is 47.7 Å². The second kappa shape index (κ2) is 6.46. The van der Waals surface area contributed by atoms with Crippen molar-refractivity contribution in [2.45, 2.75) is 12.6 Å². The van der Waals surface area contributed by atoms with Crippen LogP contribution < -0.4 is 15.4 Å². The van der Waals surface area contributed by atoms with Crippen LogP contribution in [-0.2, 0) is 6.61 Å². The maximum Gasteiger partial charge on any atom is 0.251 e. The fraction of sp³-hybridized carbons (Fsp3) is 0.316. The lowest BCUT2D eigenvalue weighted by atomic mass is 10.2. The second-order valence-electron chi connectivity index (χ2n) is 6.43. The van der Waals surface area contributed by atoms with Crippen LogP contribution in [-0.4, -0.2) is 25.0 Å². The summed E-state index contributed by atoms with van der Waals surface area (Å²) in [5, 5.41) is 7.15. The van der Waals surface area contributed by atoms with Crippen LogP contribution in [0.5, 0.6) is 5.75 Å². The average Bonchev–Trinajstić information content (AvgIpc) is 3.02. The van der Waals surface area contributed by atoms with Crippen LogP contribution in [0.2, 0.25) is 5.02 Å². The van der Waals surface area contributed by atoms with Gasteiger partial charge < -0.3 is 15.4 Å². The van der Waals surface area contributed by atoms with Crippen molar-refractivity contribution >= 4 is 17.5 Å². The highest BCUT2D eigenvalue weighted by Gasteiger charge is 2.53. The van der Waals surface area contributed by atoms with Crippen LogP contribution >= 0.6 is 11.6 Å². The standard InChI is InChI=1S/C19H19ClN2O2/c20-14-5-1-3-12(7-14)11-24-15-6-2-4-13(8-15)19(23)22-18-16-9-21-10-17(16)18/h1-8,16-18,21H,9-11H2,(H,22,23)/t16-,17+,18?. The van der Waals surface area contributed by atoms with E-state index in [1.54, 1.807) is 6.07 Å². The number of benzene rings is 2. The van der Waals surface area contributed by atoms with Gasteiger partial charge in [0.05, 0.1) is 0 Å². The molecule has 2 aromatic rings. The molecule has 0 aromatic heterocycles. The van der Waals surface area contributed by atoms with Crippen molar-refractivity contribution in [2.75, 3.05) is 13.1 Å². The largest absolute Gasteiger partial charge is 0.489 e. The van der Waals surface area contributed by atoms with Crippen LogP contribution in [0.25, 0.3) is 0 Å². The fourth-order valence-electron chi connectivity index (χ4n) is 3.39. The number of nitrogens with one attached hydrogen (secondary N) is 2. The van der Waals surface area contributed by atoms with E-state index in [4.69, 9.17) is 16.3 Å². The summed E-state index contributed by atoms with van der Waals surface area (Å²) in [6.07, 6.45) is 0. The minimum atomic E-state index is -0.0254. The Morgan fingerprint density at radius 1 is 1.17 bits per heavy atom. The zero-order valence-electron chi connectivity index (χ0n) is 13.2. The predicted molar refractivity (Wildman–Crippen MR) is 93.3 cm³/mol. The van der Waals surface area contributed by atoms with Crippen molar-refractivity contribution in [1.29, 1.82) is 0 Å². The van der Waals surface area contributed by atoms with Gasteiger partial charge >= 0.3 is 0 Å². The van der Waals surface area contributed by atoms with Crippen LogP contribution in [0.3, 0.4) is 0 Å². The van der Waals surface area contributed by atoms with Gasteiger partial charge in [-0.2, -0.15) is 0 Å². The van der Waals surface area contributed by atoms with E-state index in [2.05, 4.69) is 10.6 Å². The van der Waals surface area contributed by atoms with Crippen molar-refractivity contribution < 1.29 is 9.53 Å². The molecule has 1 aliphatic carbocycles. The Morgan fingerprint density at radius 3 is 2.75 bits per heavy atom. The number of rotatable bonds is 5. The van der Waals surface area contributed by atoms with Crippen LogP contribution in [0.15, 0.2) is 48.5 Å². The normalized spacial score (nSPS) is 24.3. The third kappa shape index (κ3) is 3.25. The number of piperidine rings is 1. The summed E-state index contributed by atoms with van der Waals surface area (Å²) in [6, 6.07) is 15.2. The van der Waals surface area contributed by atoms with Gasteiger partial charge in [-0.15, -0.1) is 0 Å². The van der Waals surface area contributed by atoms with Gasteiger partial charge in [0, 0.05) is 29.7 Å². The summed E-state index contributed by atoms with van der Waals surface area (Å²) in [7, 11) is 0. The van der Waals surface area contributed by atoms with E-state index >= 15 is 0 Å². The molecule has 124 valence electrons. The summed E-state index contributed by atoms with van der Waals surface area (Å²) in [4.78, 5) is 12.4. The molecule has 0 spiro atoms. The summed E-state index contributed by atoms with van der Waals surface area (Å²) in [6.45, 7) is 2.45. The van der Waals surface area contributed by atoms with Crippen LogP contribution in [0, 0.1) is 11.8 Å². The Kier molecular flexibility index (Phi) is 4.17. The summed E-state index contributed by atoms with van der Waals surface area (Å²) in [5.74, 6) is 1.87. The number of carbonyl (C=O) groups excluding carboxylic acids is 1. The number of hydrogen-bond acceptors (Lipinski definition) is 3. The molecule has 2 N–H and O–H groups in total. The molecule has 2 fully saturated rings. The average molecular weight is 343 g/mol. The van der Waals surface area contributed by atoms with Crippen LogP contribution in [0.4, 0.5) is 0 Å². The van der Waals surface area contributed by atoms with Crippen molar-refractivity contribution in [1.82, 2.24) is 10.6 Å². The fourth-order valence-corrected chi connectivity index (χ4v) is 3.60. The number of carbonyl (C=O) groups is 1. The first-order valence-electron chi connectivity index (χ1n) is 8.19. The quantitative estimate of drug-likeness (QED) is 0.878. The molecule has 5 heteroatoms. The number of hydrogen-bond donors (Lipinski definition) is 2. The van der Waals surface area contributed by atoms with Gasteiger partial charge in [0.2, 0.25) is 0 Å². The van der Waals surface area contributed by atoms with Crippen molar-refractivity contribution in [3.8, 4) is 5.75 Å². The minimum absolute atomic E-state index is 0.0254. The topological polar surface area (TPSA) is 50.4 Å². The lowest BCUT2D eigenvalue weighted by Gasteiger charge is -2.10. The summed E-state index contributed by atoms with van der Waals surface area (Å²) >= 11 is 5.98. The van der Waals surface area contributed by atoms with Gasteiger partial charge in [-0.3, -0.25) is 4.79 Å². The van der Waals surface area contributed by atoms with Crippen molar-refractivity contribution in [3.05, 3.63) is 64.7 Å². The Bertz CT molecular complexity index is 755. The highest BCUT2D eigenvalue weighted by molar-refractivity contribution is 6.30. The molecule has 1 unspecified atom stereocenters. The van der Waals surface area contributed by atoms with Gasteiger partial charge in [0.25, 0.3) is 5.91 Å². The lowest BCUT2D eigenvalue weighted by Crippen LogP contribution is -2.32. The zero-order valence-corrected chi connectivity index (χ0v) is 13.9. The Labute approximate surface area is 146 Å². The van der Waals surface area contributed by atoms with Gasteiger partial charge in [-0.25, -0.2) is 0 Å². The van der Waals surface area contributed by atoms with E-state index in [1.165, 1.54) is 0 Å². The number of ether oxygens (including phenoxy) is 1. The van der Waals surface area contributed by atoms with Crippen LogP contribution in [0.1, 0.15) is 15.9 Å². The molecule has 0 radical (unpaired) electrons. The third-order valence-electron chi connectivity index (χ3n) is 4.78. The molecule has 1 saturated carbocycles. The molecule has 3 atom stereocenters. The molecule has 0 bridgehead atoms. The van der Waals surface area contributed by atoms with E-state index in [9.17, 15) is 4.79 Å². The van der Waals surface area contributed by atoms with Crippen molar-refractivity contribution in [3.63, 3.8) is 0 Å². The molecule has 1 saturated heterocycles. The first-order chi connectivity index (χ1) is 11.7. The minimum Gasteiger partial charge on any atom is -0.489 e. The summed E-state index contributed by atoms with van der Waals surface area (Å²) < 4.78 is 5.78. The Balaban J connectivity index is 1.37. The van der Waals surface area contributed by atoms with Gasteiger partial charge in [0.15, 0.2) is 0 Å². The molecule has 2 aromatic carbocycles. The number of halogens is 1. The molecule has 24 heavy (non-hydrogen) atoms. The molecule has 4 rings (SSSR count). The monoisotopic (exact) mass is 342 g/mol. The van der Waals surface area contributed by atoms with Gasteiger partial charge in [-0.1, -0.05) is 29.8 Å². The van der Waals surface area contributed by atoms with E-state index in [-0.39, 0.29) is 5.91 Å². The first kappa shape index (κ1) is 15.5. The highest BCUT2D eigenvalue weighted by Crippen LogP contribution is 2.41. The van der Waals surface area contributed by atoms with E-state index in [0.29, 0.717) is 40.8 Å². The lowest BCUT2D eigenvalue weighted by molar-refractivity contribution is 0.0946. The molecule has 1 heterocycles. The smallest absolute Gasteiger partial charge is 0.251 e. The SMILES string of the molecule is O=C(NC1[C@H]2CNC[C@@H]12)c1cccc(OCc2cccc(Cl)c2)c1. The number of amides is 1.